The first-order valence-corrected chi connectivity index (χ1v) is 7.35. The molecule has 0 bridgehead atoms. The van der Waals surface area contributed by atoms with Gasteiger partial charge in [-0.15, -0.1) is 0 Å². The number of H-pyrrole nitrogens is 1. The molecule has 3 rings (SSSR count). The van der Waals surface area contributed by atoms with E-state index in [1.54, 1.807) is 12.4 Å². The Labute approximate surface area is 134 Å². The monoisotopic (exact) mass is 306 g/mol. The van der Waals surface area contributed by atoms with Crippen LogP contribution in [0.1, 0.15) is 19.4 Å². The van der Waals surface area contributed by atoms with Crippen molar-refractivity contribution in [3.05, 3.63) is 70.8 Å². The van der Waals surface area contributed by atoms with E-state index in [0.717, 1.165) is 16.7 Å². The molecule has 0 saturated heterocycles. The van der Waals surface area contributed by atoms with Crippen molar-refractivity contribution in [1.29, 1.82) is 0 Å². The summed E-state index contributed by atoms with van der Waals surface area (Å²) in [7, 11) is 0. The number of nitrogens with two attached hydrogens (primary N) is 1. The molecular formula is C18H18N4O. The van der Waals surface area contributed by atoms with Crippen molar-refractivity contribution in [3.63, 3.8) is 0 Å². The minimum absolute atomic E-state index is 0.195. The molecule has 0 spiro atoms. The summed E-state index contributed by atoms with van der Waals surface area (Å²) >= 11 is 0. The van der Waals surface area contributed by atoms with E-state index >= 15 is 0 Å². The lowest BCUT2D eigenvalue weighted by atomic mass is 9.94. The third-order valence-corrected chi connectivity index (χ3v) is 3.60. The highest BCUT2D eigenvalue weighted by atomic mass is 16.1. The minimum atomic E-state index is -0.459. The third-order valence-electron chi connectivity index (χ3n) is 3.60. The molecule has 3 aromatic rings. The Morgan fingerprint density at radius 3 is 2.48 bits per heavy atom. The zero-order valence-electron chi connectivity index (χ0n) is 13.1. The van der Waals surface area contributed by atoms with Crippen LogP contribution < -0.4 is 11.3 Å². The fraction of sp³-hybridized carbons (Fsp3) is 0.167. The van der Waals surface area contributed by atoms with Gasteiger partial charge >= 0.3 is 0 Å². The van der Waals surface area contributed by atoms with Crippen molar-refractivity contribution in [2.24, 2.45) is 5.73 Å². The van der Waals surface area contributed by atoms with Crippen LogP contribution in [-0.2, 0) is 5.54 Å². The number of benzene rings is 1. The molecule has 116 valence electrons. The molecule has 0 saturated carbocycles. The first kappa shape index (κ1) is 15.1. The van der Waals surface area contributed by atoms with Gasteiger partial charge in [-0.1, -0.05) is 18.2 Å². The van der Waals surface area contributed by atoms with Crippen molar-refractivity contribution in [3.8, 4) is 22.6 Å². The highest BCUT2D eigenvalue weighted by molar-refractivity contribution is 5.63. The van der Waals surface area contributed by atoms with Crippen LogP contribution in [0.3, 0.4) is 0 Å². The van der Waals surface area contributed by atoms with Crippen LogP contribution in [0, 0.1) is 0 Å². The van der Waals surface area contributed by atoms with E-state index in [2.05, 4.69) is 15.0 Å². The van der Waals surface area contributed by atoms with Gasteiger partial charge in [0, 0.05) is 35.1 Å². The normalized spacial score (nSPS) is 11.4. The molecule has 0 fully saturated rings. The number of rotatable bonds is 3. The second kappa shape index (κ2) is 5.78. The van der Waals surface area contributed by atoms with Crippen molar-refractivity contribution in [1.82, 2.24) is 15.0 Å². The summed E-state index contributed by atoms with van der Waals surface area (Å²) in [5.41, 5.74) is 8.77. The predicted octanol–water partition coefficient (Wildman–Crippen LogP) is 2.69. The smallest absolute Gasteiger partial charge is 0.251 e. The molecule has 5 heteroatoms. The first-order chi connectivity index (χ1) is 10.9. The van der Waals surface area contributed by atoms with Gasteiger partial charge in [-0.05, 0) is 37.6 Å². The molecular weight excluding hydrogens is 288 g/mol. The minimum Gasteiger partial charge on any atom is -0.322 e. The Hall–Kier alpha value is -2.79. The topological polar surface area (TPSA) is 84.7 Å². The van der Waals surface area contributed by atoms with Gasteiger partial charge in [-0.25, -0.2) is 4.98 Å². The summed E-state index contributed by atoms with van der Waals surface area (Å²) in [4.78, 5) is 23.4. The molecule has 2 heterocycles. The molecule has 1 aromatic carbocycles. The second-order valence-electron chi connectivity index (χ2n) is 6.02. The lowest BCUT2D eigenvalue weighted by Crippen LogP contribution is -2.28. The van der Waals surface area contributed by atoms with Gasteiger partial charge in [0.05, 0.1) is 5.69 Å². The Kier molecular flexibility index (Phi) is 3.80. The van der Waals surface area contributed by atoms with Gasteiger partial charge < -0.3 is 10.7 Å². The molecule has 0 amide bonds. The van der Waals surface area contributed by atoms with Gasteiger partial charge in [0.1, 0.15) is 5.82 Å². The van der Waals surface area contributed by atoms with Crippen LogP contribution in [0.5, 0.6) is 0 Å². The third kappa shape index (κ3) is 3.35. The Balaban J connectivity index is 2.11. The molecule has 2 aromatic heterocycles. The Morgan fingerprint density at radius 1 is 1.04 bits per heavy atom. The van der Waals surface area contributed by atoms with E-state index in [0.29, 0.717) is 11.5 Å². The molecule has 3 N–H and O–H groups in total. The van der Waals surface area contributed by atoms with E-state index in [1.165, 1.54) is 6.07 Å². The van der Waals surface area contributed by atoms with Gasteiger partial charge in [0.2, 0.25) is 0 Å². The lowest BCUT2D eigenvalue weighted by molar-refractivity contribution is 0.554. The fourth-order valence-electron chi connectivity index (χ4n) is 2.33. The maximum Gasteiger partial charge on any atom is 0.251 e. The largest absolute Gasteiger partial charge is 0.322 e. The summed E-state index contributed by atoms with van der Waals surface area (Å²) in [6.45, 7) is 3.88. The number of aromatic nitrogens is 3. The molecule has 0 radical (unpaired) electrons. The first-order valence-electron chi connectivity index (χ1n) is 7.35. The van der Waals surface area contributed by atoms with E-state index in [9.17, 15) is 4.79 Å². The van der Waals surface area contributed by atoms with Gasteiger partial charge in [-0.3, -0.25) is 9.78 Å². The highest BCUT2D eigenvalue weighted by Crippen LogP contribution is 2.23. The Bertz CT molecular complexity index is 879. The van der Waals surface area contributed by atoms with Crippen molar-refractivity contribution in [2.45, 2.75) is 19.4 Å². The SMILES string of the molecule is CC(C)(N)c1cccc(-c2nc(-c3ccncc3)cc(=O)[nH]2)c1. The second-order valence-corrected chi connectivity index (χ2v) is 6.02. The number of nitrogens with one attached hydrogen (secondary N) is 1. The van der Waals surface area contributed by atoms with Crippen LogP contribution in [0.2, 0.25) is 0 Å². The number of hydrogen-bond donors (Lipinski definition) is 2. The standard InChI is InChI=1S/C18H18N4O/c1-18(2,19)14-5-3-4-13(10-14)17-21-15(11-16(23)22-17)12-6-8-20-9-7-12/h3-11H,19H2,1-2H3,(H,21,22,23). The Morgan fingerprint density at radius 2 is 1.78 bits per heavy atom. The van der Waals surface area contributed by atoms with E-state index in [1.807, 2.05) is 50.2 Å². The van der Waals surface area contributed by atoms with Gasteiger partial charge in [-0.2, -0.15) is 0 Å². The van der Waals surface area contributed by atoms with Crippen LogP contribution in [0.25, 0.3) is 22.6 Å². The molecule has 0 unspecified atom stereocenters. The summed E-state index contributed by atoms with van der Waals surface area (Å²) in [5.74, 6) is 0.524. The van der Waals surface area contributed by atoms with E-state index in [-0.39, 0.29) is 5.56 Å². The maximum atomic E-state index is 12.0. The number of aromatic amines is 1. The van der Waals surface area contributed by atoms with Crippen LogP contribution in [0.15, 0.2) is 59.7 Å². The van der Waals surface area contributed by atoms with Crippen LogP contribution in [0.4, 0.5) is 0 Å². The average Bonchev–Trinajstić information content (AvgIpc) is 2.54. The van der Waals surface area contributed by atoms with Crippen molar-refractivity contribution < 1.29 is 0 Å². The number of pyridine rings is 1. The van der Waals surface area contributed by atoms with Gasteiger partial charge in [0.25, 0.3) is 5.56 Å². The fourth-order valence-corrected chi connectivity index (χ4v) is 2.33. The summed E-state index contributed by atoms with van der Waals surface area (Å²) in [5, 5.41) is 0. The summed E-state index contributed by atoms with van der Waals surface area (Å²) in [6, 6.07) is 12.9. The lowest BCUT2D eigenvalue weighted by Gasteiger charge is -2.19. The van der Waals surface area contributed by atoms with E-state index in [4.69, 9.17) is 5.73 Å². The molecule has 0 aliphatic heterocycles. The summed E-state index contributed by atoms with van der Waals surface area (Å²) in [6.07, 6.45) is 3.35. The summed E-state index contributed by atoms with van der Waals surface area (Å²) < 4.78 is 0. The van der Waals surface area contributed by atoms with Gasteiger partial charge in [0.15, 0.2) is 0 Å². The molecule has 0 aliphatic rings. The number of hydrogen-bond acceptors (Lipinski definition) is 4. The molecule has 0 atom stereocenters. The van der Waals surface area contributed by atoms with Crippen molar-refractivity contribution in [2.75, 3.05) is 0 Å². The molecule has 0 aliphatic carbocycles. The zero-order chi connectivity index (χ0) is 16.4. The van der Waals surface area contributed by atoms with E-state index < -0.39 is 5.54 Å². The maximum absolute atomic E-state index is 12.0. The highest BCUT2D eigenvalue weighted by Gasteiger charge is 2.15. The quantitative estimate of drug-likeness (QED) is 0.779. The van der Waals surface area contributed by atoms with Crippen LogP contribution in [-0.4, -0.2) is 15.0 Å². The predicted molar refractivity (Wildman–Crippen MR) is 90.7 cm³/mol. The van der Waals surface area contributed by atoms with Crippen LogP contribution >= 0.6 is 0 Å². The average molecular weight is 306 g/mol. The molecule has 23 heavy (non-hydrogen) atoms. The zero-order valence-corrected chi connectivity index (χ0v) is 13.1. The van der Waals surface area contributed by atoms with Crippen molar-refractivity contribution >= 4 is 0 Å². The molecule has 5 nitrogen and oxygen atoms in total. The number of nitrogens with zero attached hydrogens (tertiary/aromatic N) is 2.